The minimum atomic E-state index is -3.54. The number of nitrogens with two attached hydrogens (primary N) is 1. The first-order valence-electron chi connectivity index (χ1n) is 5.61. The molecular weight excluding hydrogens is 296 g/mol. The minimum absolute atomic E-state index is 0.165. The van der Waals surface area contributed by atoms with Gasteiger partial charge >= 0.3 is 0 Å². The quantitative estimate of drug-likeness (QED) is 0.801. The fourth-order valence-corrected chi connectivity index (χ4v) is 2.80. The maximum absolute atomic E-state index is 12.0. The first kappa shape index (κ1) is 14.4. The lowest BCUT2D eigenvalue weighted by Crippen LogP contribution is -2.16. The molecule has 0 saturated heterocycles. The number of benzene rings is 1. The number of nitrogens with one attached hydrogen (secondary N) is 1. The first-order valence-corrected chi connectivity index (χ1v) is 7.67. The molecule has 1 heterocycles. The molecule has 0 atom stereocenters. The van der Waals surface area contributed by atoms with E-state index < -0.39 is 10.0 Å². The lowest BCUT2D eigenvalue weighted by molar-refractivity contribution is 0.600. The molecule has 0 fully saturated rings. The van der Waals surface area contributed by atoms with Crippen LogP contribution in [0, 0.1) is 0 Å². The second kappa shape index (κ2) is 5.93. The number of anilines is 1. The van der Waals surface area contributed by atoms with Gasteiger partial charge in [-0.3, -0.25) is 9.71 Å². The van der Waals surface area contributed by atoms with Crippen LogP contribution in [0.15, 0.2) is 42.9 Å². The molecule has 2 rings (SSSR count). The third-order valence-electron chi connectivity index (χ3n) is 2.42. The Bertz CT molecular complexity index is 700. The van der Waals surface area contributed by atoms with Crippen LogP contribution in [-0.2, 0) is 15.8 Å². The normalized spacial score (nSPS) is 11.0. The fraction of sp³-hybridized carbons (Fsp3) is 0.0833. The van der Waals surface area contributed by atoms with Gasteiger partial charge in [0, 0.05) is 18.0 Å². The van der Waals surface area contributed by atoms with Crippen LogP contribution in [0.1, 0.15) is 11.1 Å². The number of aromatic nitrogens is 2. The van der Waals surface area contributed by atoms with Gasteiger partial charge in [0.05, 0.1) is 11.9 Å². The van der Waals surface area contributed by atoms with Crippen molar-refractivity contribution in [2.75, 3.05) is 4.72 Å². The van der Waals surface area contributed by atoms with E-state index in [1.807, 2.05) is 0 Å². The maximum atomic E-state index is 12.0. The standard InChI is InChI=1S/C12H12N4O2S2/c13-12(19)10-3-1-9(2-4-10)8-20(17,18)16-11-7-14-5-6-15-11/h1-7H,8H2,(H2,13,19)(H,15,16). The Labute approximate surface area is 122 Å². The second-order valence-electron chi connectivity index (χ2n) is 4.01. The first-order chi connectivity index (χ1) is 9.46. The highest BCUT2D eigenvalue weighted by Crippen LogP contribution is 2.11. The van der Waals surface area contributed by atoms with Gasteiger partial charge in [0.2, 0.25) is 10.0 Å². The molecule has 0 amide bonds. The third-order valence-corrected chi connectivity index (χ3v) is 3.89. The minimum Gasteiger partial charge on any atom is -0.389 e. The molecule has 8 heteroatoms. The van der Waals surface area contributed by atoms with Crippen molar-refractivity contribution in [2.45, 2.75) is 5.75 Å². The number of rotatable bonds is 5. The van der Waals surface area contributed by atoms with Gasteiger partial charge in [0.15, 0.2) is 5.82 Å². The largest absolute Gasteiger partial charge is 0.389 e. The number of hydrogen-bond acceptors (Lipinski definition) is 5. The van der Waals surface area contributed by atoms with Gasteiger partial charge in [-0.25, -0.2) is 13.4 Å². The molecule has 6 nitrogen and oxygen atoms in total. The summed E-state index contributed by atoms with van der Waals surface area (Å²) in [4.78, 5) is 7.92. The van der Waals surface area contributed by atoms with Crippen LogP contribution in [0.2, 0.25) is 0 Å². The van der Waals surface area contributed by atoms with Crippen molar-refractivity contribution in [1.29, 1.82) is 0 Å². The topological polar surface area (TPSA) is 98.0 Å². The van der Waals surface area contributed by atoms with Crippen LogP contribution < -0.4 is 10.5 Å². The van der Waals surface area contributed by atoms with Crippen LogP contribution in [0.4, 0.5) is 5.82 Å². The highest BCUT2D eigenvalue weighted by molar-refractivity contribution is 7.91. The van der Waals surface area contributed by atoms with E-state index in [4.69, 9.17) is 18.0 Å². The van der Waals surface area contributed by atoms with E-state index in [1.165, 1.54) is 18.6 Å². The molecule has 0 aliphatic rings. The third kappa shape index (κ3) is 3.97. The molecule has 3 N–H and O–H groups in total. The monoisotopic (exact) mass is 308 g/mol. The summed E-state index contributed by atoms with van der Waals surface area (Å²) in [5.74, 6) is 0.0218. The number of hydrogen-bond donors (Lipinski definition) is 2. The van der Waals surface area contributed by atoms with Gasteiger partial charge in [0.25, 0.3) is 0 Å². The highest BCUT2D eigenvalue weighted by atomic mass is 32.2. The molecule has 2 aromatic rings. The Kier molecular flexibility index (Phi) is 4.26. The zero-order chi connectivity index (χ0) is 14.6. The van der Waals surface area contributed by atoms with E-state index in [0.29, 0.717) is 11.1 Å². The fourth-order valence-electron chi connectivity index (χ4n) is 1.53. The molecule has 0 aliphatic carbocycles. The predicted molar refractivity (Wildman–Crippen MR) is 80.6 cm³/mol. The van der Waals surface area contributed by atoms with Gasteiger partial charge in [-0.1, -0.05) is 36.5 Å². The Morgan fingerprint density at radius 3 is 2.50 bits per heavy atom. The molecule has 0 bridgehead atoms. The summed E-state index contributed by atoms with van der Waals surface area (Å²) < 4.78 is 26.3. The molecule has 0 unspecified atom stereocenters. The maximum Gasteiger partial charge on any atom is 0.238 e. The highest BCUT2D eigenvalue weighted by Gasteiger charge is 2.12. The van der Waals surface area contributed by atoms with Crippen molar-refractivity contribution in [3.8, 4) is 0 Å². The van der Waals surface area contributed by atoms with Gasteiger partial charge in [-0.2, -0.15) is 0 Å². The Morgan fingerprint density at radius 2 is 1.95 bits per heavy atom. The van der Waals surface area contributed by atoms with Crippen LogP contribution >= 0.6 is 12.2 Å². The average molecular weight is 308 g/mol. The SMILES string of the molecule is NC(=S)c1ccc(CS(=O)(=O)Nc2cnccn2)cc1. The van der Waals surface area contributed by atoms with Gasteiger partial charge < -0.3 is 5.73 Å². The zero-order valence-corrected chi connectivity index (χ0v) is 12.0. The molecule has 0 spiro atoms. The van der Waals surface area contributed by atoms with E-state index in [9.17, 15) is 8.42 Å². The van der Waals surface area contributed by atoms with Gasteiger partial charge in [-0.15, -0.1) is 0 Å². The number of sulfonamides is 1. The number of nitrogens with zero attached hydrogens (tertiary/aromatic N) is 2. The summed E-state index contributed by atoms with van der Waals surface area (Å²) in [7, 11) is -3.54. The summed E-state index contributed by atoms with van der Waals surface area (Å²) in [6.07, 6.45) is 4.22. The zero-order valence-electron chi connectivity index (χ0n) is 10.4. The summed E-state index contributed by atoms with van der Waals surface area (Å²) in [6, 6.07) is 6.72. The van der Waals surface area contributed by atoms with Crippen LogP contribution in [-0.4, -0.2) is 23.4 Å². The Hall–Kier alpha value is -2.06. The van der Waals surface area contributed by atoms with Crippen molar-refractivity contribution in [1.82, 2.24) is 9.97 Å². The van der Waals surface area contributed by atoms with E-state index in [2.05, 4.69) is 14.7 Å². The summed E-state index contributed by atoms with van der Waals surface area (Å²) in [5, 5.41) is 0. The van der Waals surface area contributed by atoms with E-state index in [-0.39, 0.29) is 16.6 Å². The average Bonchev–Trinajstić information content (AvgIpc) is 2.39. The molecule has 1 aromatic carbocycles. The van der Waals surface area contributed by atoms with Crippen molar-refractivity contribution < 1.29 is 8.42 Å². The molecule has 104 valence electrons. The van der Waals surface area contributed by atoms with Crippen molar-refractivity contribution in [2.24, 2.45) is 5.73 Å². The molecular formula is C12H12N4O2S2. The molecule has 1 aromatic heterocycles. The summed E-state index contributed by atoms with van der Waals surface area (Å²) in [5.41, 5.74) is 6.80. The van der Waals surface area contributed by atoms with Gasteiger partial charge in [0.1, 0.15) is 4.99 Å². The lowest BCUT2D eigenvalue weighted by atomic mass is 10.1. The van der Waals surface area contributed by atoms with E-state index >= 15 is 0 Å². The Balaban J connectivity index is 2.10. The van der Waals surface area contributed by atoms with E-state index in [0.717, 1.165) is 0 Å². The molecule has 0 saturated carbocycles. The molecule has 20 heavy (non-hydrogen) atoms. The molecule has 0 radical (unpaired) electrons. The van der Waals surface area contributed by atoms with Gasteiger partial charge in [-0.05, 0) is 5.56 Å². The smallest absolute Gasteiger partial charge is 0.238 e. The number of thiocarbonyl (C=S) groups is 1. The van der Waals surface area contributed by atoms with Crippen LogP contribution in [0.25, 0.3) is 0 Å². The van der Waals surface area contributed by atoms with E-state index in [1.54, 1.807) is 24.3 Å². The van der Waals surface area contributed by atoms with Crippen molar-refractivity contribution in [3.05, 3.63) is 54.0 Å². The lowest BCUT2D eigenvalue weighted by Gasteiger charge is -2.07. The predicted octanol–water partition coefficient (Wildman–Crippen LogP) is 1.05. The van der Waals surface area contributed by atoms with Crippen molar-refractivity contribution in [3.63, 3.8) is 0 Å². The second-order valence-corrected chi connectivity index (χ2v) is 6.18. The summed E-state index contributed by atoms with van der Waals surface area (Å²) in [6.45, 7) is 0. The van der Waals surface area contributed by atoms with Crippen molar-refractivity contribution >= 4 is 33.0 Å². The molecule has 0 aliphatic heterocycles. The Morgan fingerprint density at radius 1 is 1.25 bits per heavy atom. The van der Waals surface area contributed by atoms with Crippen LogP contribution in [0.5, 0.6) is 0 Å². The summed E-state index contributed by atoms with van der Waals surface area (Å²) >= 11 is 4.83. The van der Waals surface area contributed by atoms with Crippen LogP contribution in [0.3, 0.4) is 0 Å².